The molecule has 2 aliphatic heterocycles. The van der Waals surface area contributed by atoms with Crippen molar-refractivity contribution >= 4 is 23.3 Å². The minimum Gasteiger partial charge on any atom is -0.479 e. The maximum absolute atomic E-state index is 12.1. The molecule has 0 bridgehead atoms. The van der Waals surface area contributed by atoms with Crippen molar-refractivity contribution in [2.75, 3.05) is 17.2 Å². The average molecular weight is 276 g/mol. The van der Waals surface area contributed by atoms with Gasteiger partial charge in [-0.2, -0.15) is 0 Å². The van der Waals surface area contributed by atoms with Crippen LogP contribution in [-0.2, 0) is 20.7 Å². The van der Waals surface area contributed by atoms with Crippen LogP contribution in [0.25, 0.3) is 0 Å². The lowest BCUT2D eigenvalue weighted by Gasteiger charge is -2.14. The first-order chi connectivity index (χ1) is 9.65. The van der Waals surface area contributed by atoms with Gasteiger partial charge in [0, 0.05) is 23.5 Å². The highest BCUT2D eigenvalue weighted by molar-refractivity contribution is 5.96. The van der Waals surface area contributed by atoms with Gasteiger partial charge in [0.05, 0.1) is 0 Å². The van der Waals surface area contributed by atoms with Gasteiger partial charge >= 0.3 is 5.97 Å². The monoisotopic (exact) mass is 276 g/mol. The first-order valence-electron chi connectivity index (χ1n) is 6.70. The summed E-state index contributed by atoms with van der Waals surface area (Å²) >= 11 is 0. The zero-order valence-electron chi connectivity index (χ0n) is 10.9. The summed E-state index contributed by atoms with van der Waals surface area (Å²) in [5.41, 5.74) is 2.91. The topological polar surface area (TPSA) is 87.7 Å². The summed E-state index contributed by atoms with van der Waals surface area (Å²) in [6, 6.07) is 5.71. The van der Waals surface area contributed by atoms with Crippen LogP contribution in [0.2, 0.25) is 0 Å². The molecule has 0 unspecified atom stereocenters. The highest BCUT2D eigenvalue weighted by Crippen LogP contribution is 2.30. The number of hydrogen-bond donors (Lipinski definition) is 3. The van der Waals surface area contributed by atoms with Gasteiger partial charge in [-0.3, -0.25) is 4.79 Å². The lowest BCUT2D eigenvalue weighted by atomic mass is 10.1. The second-order valence-corrected chi connectivity index (χ2v) is 5.03. The van der Waals surface area contributed by atoms with E-state index in [1.54, 1.807) is 0 Å². The molecule has 0 radical (unpaired) electrons. The van der Waals surface area contributed by atoms with E-state index < -0.39 is 18.2 Å². The molecule has 0 saturated carbocycles. The summed E-state index contributed by atoms with van der Waals surface area (Å²) in [7, 11) is 0. The van der Waals surface area contributed by atoms with E-state index in [-0.39, 0.29) is 5.91 Å². The maximum Gasteiger partial charge on any atom is 0.332 e. The predicted molar refractivity (Wildman–Crippen MR) is 72.8 cm³/mol. The summed E-state index contributed by atoms with van der Waals surface area (Å²) < 4.78 is 5.25. The van der Waals surface area contributed by atoms with Gasteiger partial charge in [0.2, 0.25) is 0 Å². The summed E-state index contributed by atoms with van der Waals surface area (Å²) in [4.78, 5) is 22.9. The van der Waals surface area contributed by atoms with Crippen molar-refractivity contribution in [2.24, 2.45) is 0 Å². The summed E-state index contributed by atoms with van der Waals surface area (Å²) in [5, 5.41) is 15.0. The molecule has 6 nitrogen and oxygen atoms in total. The number of carboxylic acid groups (broad SMARTS) is 1. The average Bonchev–Trinajstić information content (AvgIpc) is 3.08. The molecule has 1 saturated heterocycles. The van der Waals surface area contributed by atoms with Crippen LogP contribution in [0, 0.1) is 0 Å². The third kappa shape index (κ3) is 2.34. The molecular weight excluding hydrogens is 260 g/mol. The molecule has 1 fully saturated rings. The van der Waals surface area contributed by atoms with Crippen LogP contribution in [-0.4, -0.2) is 35.7 Å². The largest absolute Gasteiger partial charge is 0.479 e. The van der Waals surface area contributed by atoms with E-state index >= 15 is 0 Å². The molecule has 0 aliphatic carbocycles. The van der Waals surface area contributed by atoms with Gasteiger partial charge in [-0.15, -0.1) is 0 Å². The Morgan fingerprint density at radius 1 is 1.30 bits per heavy atom. The molecule has 1 aromatic carbocycles. The van der Waals surface area contributed by atoms with Crippen molar-refractivity contribution in [2.45, 2.75) is 31.5 Å². The Morgan fingerprint density at radius 3 is 2.85 bits per heavy atom. The molecule has 20 heavy (non-hydrogen) atoms. The van der Waals surface area contributed by atoms with Crippen LogP contribution < -0.4 is 10.6 Å². The van der Waals surface area contributed by atoms with E-state index in [2.05, 4.69) is 10.6 Å². The standard InChI is InChI=1S/C14H16N2O4/c17-13(11-4-5-12(20-11)14(18)19)16-10-3-1-2-9-8(10)6-7-15-9/h1-3,11-12,15H,4-7H2,(H,16,17)(H,18,19)/t11-,12+/m1/s1. The van der Waals surface area contributed by atoms with Crippen LogP contribution in [0.4, 0.5) is 11.4 Å². The lowest BCUT2D eigenvalue weighted by molar-refractivity contribution is -0.150. The van der Waals surface area contributed by atoms with Gasteiger partial charge in [0.25, 0.3) is 5.91 Å². The molecule has 1 aromatic rings. The zero-order valence-corrected chi connectivity index (χ0v) is 10.9. The Morgan fingerprint density at radius 2 is 2.10 bits per heavy atom. The second kappa shape index (κ2) is 5.13. The van der Waals surface area contributed by atoms with Crippen molar-refractivity contribution in [1.82, 2.24) is 0 Å². The molecule has 2 atom stereocenters. The quantitative estimate of drug-likeness (QED) is 0.772. The maximum atomic E-state index is 12.1. The first-order valence-corrected chi connectivity index (χ1v) is 6.70. The Labute approximate surface area is 116 Å². The van der Waals surface area contributed by atoms with Crippen molar-refractivity contribution in [3.8, 4) is 0 Å². The zero-order chi connectivity index (χ0) is 14.1. The fourth-order valence-electron chi connectivity index (χ4n) is 2.69. The van der Waals surface area contributed by atoms with Crippen LogP contribution in [0.3, 0.4) is 0 Å². The summed E-state index contributed by atoms with van der Waals surface area (Å²) in [6.07, 6.45) is 0.141. The predicted octanol–water partition coefficient (Wildman–Crippen LogP) is 1.23. The molecule has 0 spiro atoms. The SMILES string of the molecule is O=C(O)[C@@H]1CC[C@H](C(=O)Nc2cccc3c2CCN3)O1. The lowest BCUT2D eigenvalue weighted by Crippen LogP contribution is -2.30. The van der Waals surface area contributed by atoms with E-state index in [0.717, 1.165) is 29.9 Å². The van der Waals surface area contributed by atoms with Gasteiger partial charge in [-0.05, 0) is 31.4 Å². The number of hydrogen-bond acceptors (Lipinski definition) is 4. The first kappa shape index (κ1) is 12.9. The van der Waals surface area contributed by atoms with Crippen LogP contribution >= 0.6 is 0 Å². The smallest absolute Gasteiger partial charge is 0.332 e. The Kier molecular flexibility index (Phi) is 3.31. The van der Waals surface area contributed by atoms with Gasteiger partial charge < -0.3 is 20.5 Å². The molecule has 106 valence electrons. The number of amides is 1. The Bertz CT molecular complexity index is 558. The summed E-state index contributed by atoms with van der Waals surface area (Å²) in [5.74, 6) is -1.28. The minimum absolute atomic E-state index is 0.269. The molecule has 2 aliphatic rings. The molecule has 0 aromatic heterocycles. The van der Waals surface area contributed by atoms with Gasteiger partial charge in [-0.25, -0.2) is 4.79 Å². The molecular formula is C14H16N2O4. The number of anilines is 2. The van der Waals surface area contributed by atoms with Crippen molar-refractivity contribution in [1.29, 1.82) is 0 Å². The van der Waals surface area contributed by atoms with Crippen molar-refractivity contribution < 1.29 is 19.4 Å². The molecule has 2 heterocycles. The number of aliphatic carboxylic acids is 1. The number of carbonyl (C=O) groups excluding carboxylic acids is 1. The third-order valence-corrected chi connectivity index (χ3v) is 3.71. The fraction of sp³-hybridized carbons (Fsp3) is 0.429. The minimum atomic E-state index is -1.01. The van der Waals surface area contributed by atoms with Crippen LogP contribution in [0.5, 0.6) is 0 Å². The van der Waals surface area contributed by atoms with Gasteiger partial charge in [-0.1, -0.05) is 6.07 Å². The van der Waals surface area contributed by atoms with Crippen molar-refractivity contribution in [3.05, 3.63) is 23.8 Å². The van der Waals surface area contributed by atoms with E-state index in [9.17, 15) is 9.59 Å². The third-order valence-electron chi connectivity index (χ3n) is 3.71. The molecule has 6 heteroatoms. The number of fused-ring (bicyclic) bond motifs is 1. The number of carbonyl (C=O) groups is 2. The van der Waals surface area contributed by atoms with Gasteiger partial charge in [0.1, 0.15) is 6.10 Å². The highest BCUT2D eigenvalue weighted by atomic mass is 16.5. The Hall–Kier alpha value is -2.08. The fourth-order valence-corrected chi connectivity index (χ4v) is 2.69. The molecule has 1 amide bonds. The summed E-state index contributed by atoms with van der Waals surface area (Å²) in [6.45, 7) is 0.864. The second-order valence-electron chi connectivity index (χ2n) is 5.03. The molecule has 3 N–H and O–H groups in total. The van der Waals surface area contributed by atoms with E-state index in [4.69, 9.17) is 9.84 Å². The van der Waals surface area contributed by atoms with Crippen LogP contribution in [0.1, 0.15) is 18.4 Å². The Balaban J connectivity index is 1.68. The van der Waals surface area contributed by atoms with Crippen molar-refractivity contribution in [3.63, 3.8) is 0 Å². The normalized spacial score (nSPS) is 24.0. The number of rotatable bonds is 3. The number of nitrogens with one attached hydrogen (secondary N) is 2. The number of ether oxygens (including phenoxy) is 1. The molecule has 3 rings (SSSR count). The van der Waals surface area contributed by atoms with Gasteiger partial charge in [0.15, 0.2) is 6.10 Å². The van der Waals surface area contributed by atoms with E-state index in [1.807, 2.05) is 18.2 Å². The van der Waals surface area contributed by atoms with E-state index in [0.29, 0.717) is 12.8 Å². The van der Waals surface area contributed by atoms with E-state index in [1.165, 1.54) is 0 Å². The van der Waals surface area contributed by atoms with Crippen LogP contribution in [0.15, 0.2) is 18.2 Å². The number of carboxylic acids is 1. The number of benzene rings is 1. The highest BCUT2D eigenvalue weighted by Gasteiger charge is 2.35.